The number of H-pyrrole nitrogens is 1. The first-order valence-corrected chi connectivity index (χ1v) is 12.0. The Morgan fingerprint density at radius 1 is 1.13 bits per heavy atom. The van der Waals surface area contributed by atoms with Crippen molar-refractivity contribution < 1.29 is 17.6 Å². The lowest BCUT2D eigenvalue weighted by molar-refractivity contribution is -0.122. The normalized spacial score (nSPS) is 17.6. The van der Waals surface area contributed by atoms with Crippen molar-refractivity contribution in [2.45, 2.75) is 43.0 Å². The molecule has 0 saturated carbocycles. The van der Waals surface area contributed by atoms with E-state index >= 15 is 0 Å². The lowest BCUT2D eigenvalue weighted by Gasteiger charge is -2.34. The highest BCUT2D eigenvalue weighted by Crippen LogP contribution is 2.27. The maximum Gasteiger partial charge on any atom is 0.243 e. The number of hydrogen-bond donors (Lipinski definition) is 2. The fourth-order valence-electron chi connectivity index (χ4n) is 4.20. The number of nitrogens with zero attached hydrogens (tertiary/aromatic N) is 1. The number of sulfonamides is 1. The standard InChI is InChI=1S/C23H26FN3O3S/c24-18-8-10-20(11-9-18)31(29,30)27-14-4-3-5-19(27)15-23(28)25-13-12-17-16-26-22-7-2-1-6-21(17)22/h1-2,6-11,16,19,26H,3-5,12-15H2,(H,25,28)/t19-/m1/s1. The molecule has 0 bridgehead atoms. The Bertz CT molecular complexity index is 1160. The van der Waals surface area contributed by atoms with E-state index in [9.17, 15) is 17.6 Å². The van der Waals surface area contributed by atoms with Crippen LogP contribution in [0.3, 0.4) is 0 Å². The fraction of sp³-hybridized carbons (Fsp3) is 0.348. The van der Waals surface area contributed by atoms with Crippen molar-refractivity contribution in [1.29, 1.82) is 0 Å². The fourth-order valence-corrected chi connectivity index (χ4v) is 5.89. The molecule has 1 atom stereocenters. The number of carbonyl (C=O) groups excluding carboxylic acids is 1. The van der Waals surface area contributed by atoms with Crippen molar-refractivity contribution >= 4 is 26.8 Å². The summed E-state index contributed by atoms with van der Waals surface area (Å²) in [5.41, 5.74) is 2.20. The molecule has 2 aromatic carbocycles. The van der Waals surface area contributed by atoms with Crippen molar-refractivity contribution in [3.63, 3.8) is 0 Å². The number of piperidine rings is 1. The lowest BCUT2D eigenvalue weighted by Crippen LogP contribution is -2.46. The van der Waals surface area contributed by atoms with Gasteiger partial charge in [0, 0.05) is 42.7 Å². The van der Waals surface area contributed by atoms with Gasteiger partial charge in [-0.15, -0.1) is 0 Å². The summed E-state index contributed by atoms with van der Waals surface area (Å²) in [6.45, 7) is 0.852. The average Bonchev–Trinajstić information content (AvgIpc) is 3.17. The van der Waals surface area contributed by atoms with Crippen LogP contribution in [0.1, 0.15) is 31.2 Å². The summed E-state index contributed by atoms with van der Waals surface area (Å²) in [5, 5.41) is 4.07. The van der Waals surface area contributed by atoms with Crippen molar-refractivity contribution in [1.82, 2.24) is 14.6 Å². The van der Waals surface area contributed by atoms with E-state index in [-0.39, 0.29) is 17.2 Å². The van der Waals surface area contributed by atoms with Crippen molar-refractivity contribution in [3.05, 3.63) is 66.1 Å². The minimum atomic E-state index is -3.77. The Morgan fingerprint density at radius 2 is 1.90 bits per heavy atom. The highest BCUT2D eigenvalue weighted by atomic mass is 32.2. The second-order valence-electron chi connectivity index (χ2n) is 7.88. The number of benzene rings is 2. The number of carbonyl (C=O) groups is 1. The van der Waals surface area contributed by atoms with Crippen molar-refractivity contribution in [2.75, 3.05) is 13.1 Å². The van der Waals surface area contributed by atoms with E-state index in [1.807, 2.05) is 30.5 Å². The lowest BCUT2D eigenvalue weighted by atomic mass is 10.0. The first kappa shape index (κ1) is 21.5. The molecule has 3 aromatic rings. The molecule has 6 nitrogen and oxygen atoms in total. The molecule has 4 rings (SSSR count). The number of rotatable bonds is 7. The molecule has 0 radical (unpaired) electrons. The van der Waals surface area contributed by atoms with E-state index < -0.39 is 21.9 Å². The molecule has 1 fully saturated rings. The summed E-state index contributed by atoms with van der Waals surface area (Å²) in [7, 11) is -3.77. The number of nitrogens with one attached hydrogen (secondary N) is 2. The predicted molar refractivity (Wildman–Crippen MR) is 118 cm³/mol. The van der Waals surface area contributed by atoms with Gasteiger partial charge < -0.3 is 10.3 Å². The quantitative estimate of drug-likeness (QED) is 0.585. The monoisotopic (exact) mass is 443 g/mol. The Balaban J connectivity index is 1.37. The largest absolute Gasteiger partial charge is 0.361 e. The number of aromatic amines is 1. The van der Waals surface area contributed by atoms with E-state index in [1.165, 1.54) is 16.4 Å². The van der Waals surface area contributed by atoms with Crippen LogP contribution >= 0.6 is 0 Å². The van der Waals surface area contributed by atoms with Crippen molar-refractivity contribution in [2.24, 2.45) is 0 Å². The summed E-state index contributed by atoms with van der Waals surface area (Å²) in [4.78, 5) is 15.8. The molecule has 31 heavy (non-hydrogen) atoms. The minimum absolute atomic E-state index is 0.0561. The van der Waals surface area contributed by atoms with Gasteiger partial charge in [-0.25, -0.2) is 12.8 Å². The molecule has 0 aliphatic carbocycles. The number of hydrogen-bond acceptors (Lipinski definition) is 3. The number of aromatic nitrogens is 1. The van der Waals surface area contributed by atoms with Gasteiger partial charge >= 0.3 is 0 Å². The van der Waals surface area contributed by atoms with Crippen LogP contribution in [-0.4, -0.2) is 42.7 Å². The number of para-hydroxylation sites is 1. The van der Waals surface area contributed by atoms with Gasteiger partial charge in [0.1, 0.15) is 5.82 Å². The topological polar surface area (TPSA) is 82.3 Å². The first-order chi connectivity index (χ1) is 14.9. The molecular weight excluding hydrogens is 417 g/mol. The third-order valence-electron chi connectivity index (χ3n) is 5.81. The van der Waals surface area contributed by atoms with Gasteiger partial charge in [0.2, 0.25) is 15.9 Å². The summed E-state index contributed by atoms with van der Waals surface area (Å²) in [6, 6.07) is 12.5. The molecule has 1 aromatic heterocycles. The van der Waals surface area contributed by atoms with Gasteiger partial charge in [0.25, 0.3) is 0 Å². The summed E-state index contributed by atoms with van der Waals surface area (Å²) in [5.74, 6) is -0.644. The highest BCUT2D eigenvalue weighted by molar-refractivity contribution is 7.89. The van der Waals surface area contributed by atoms with Crippen LogP contribution in [0.25, 0.3) is 10.9 Å². The predicted octanol–water partition coefficient (Wildman–Crippen LogP) is 3.60. The van der Waals surface area contributed by atoms with E-state index in [1.54, 1.807) is 0 Å². The Morgan fingerprint density at radius 3 is 2.71 bits per heavy atom. The molecule has 1 amide bonds. The Kier molecular flexibility index (Phi) is 6.38. The van der Waals surface area contributed by atoms with Crippen LogP contribution in [-0.2, 0) is 21.2 Å². The molecule has 1 aliphatic rings. The van der Waals surface area contributed by atoms with E-state index in [2.05, 4.69) is 10.3 Å². The average molecular weight is 444 g/mol. The van der Waals surface area contributed by atoms with Gasteiger partial charge in [-0.1, -0.05) is 24.6 Å². The minimum Gasteiger partial charge on any atom is -0.361 e. The van der Waals surface area contributed by atoms with Crippen LogP contribution in [0.2, 0.25) is 0 Å². The second-order valence-corrected chi connectivity index (χ2v) is 9.77. The van der Waals surface area contributed by atoms with Crippen LogP contribution in [0.5, 0.6) is 0 Å². The number of halogens is 1. The Hall–Kier alpha value is -2.71. The Labute approximate surface area is 181 Å². The number of amides is 1. The zero-order chi connectivity index (χ0) is 21.8. The zero-order valence-electron chi connectivity index (χ0n) is 17.2. The maximum atomic E-state index is 13.2. The molecule has 8 heteroatoms. The van der Waals surface area contributed by atoms with Crippen LogP contribution < -0.4 is 5.32 Å². The smallest absolute Gasteiger partial charge is 0.243 e. The summed E-state index contributed by atoms with van der Waals surface area (Å²) in [6.07, 6.45) is 5.03. The first-order valence-electron chi connectivity index (χ1n) is 10.5. The van der Waals surface area contributed by atoms with Gasteiger partial charge in [-0.05, 0) is 55.2 Å². The highest BCUT2D eigenvalue weighted by Gasteiger charge is 2.34. The van der Waals surface area contributed by atoms with Crippen LogP contribution in [0.15, 0.2) is 59.6 Å². The molecule has 164 valence electrons. The summed E-state index contributed by atoms with van der Waals surface area (Å²) >= 11 is 0. The van der Waals surface area contributed by atoms with Crippen molar-refractivity contribution in [3.8, 4) is 0 Å². The van der Waals surface area contributed by atoms with Crippen LogP contribution in [0.4, 0.5) is 4.39 Å². The van der Waals surface area contributed by atoms with Crippen LogP contribution in [0, 0.1) is 5.82 Å². The SMILES string of the molecule is O=C(C[C@H]1CCCCN1S(=O)(=O)c1ccc(F)cc1)NCCc1c[nH]c2ccccc12. The van der Waals surface area contributed by atoms with E-state index in [0.29, 0.717) is 25.9 Å². The third kappa shape index (κ3) is 4.80. The molecular formula is C23H26FN3O3S. The second kappa shape index (κ2) is 9.20. The maximum absolute atomic E-state index is 13.2. The molecule has 0 spiro atoms. The van der Waals surface area contributed by atoms with E-state index in [0.717, 1.165) is 41.4 Å². The molecule has 1 saturated heterocycles. The molecule has 1 aliphatic heterocycles. The number of fused-ring (bicyclic) bond motifs is 1. The molecule has 2 heterocycles. The van der Waals surface area contributed by atoms with E-state index in [4.69, 9.17) is 0 Å². The summed E-state index contributed by atoms with van der Waals surface area (Å²) < 4.78 is 40.7. The van der Waals surface area contributed by atoms with Gasteiger partial charge in [0.15, 0.2) is 0 Å². The zero-order valence-corrected chi connectivity index (χ0v) is 18.0. The molecule has 0 unspecified atom stereocenters. The van der Waals surface area contributed by atoms with Gasteiger partial charge in [-0.3, -0.25) is 4.79 Å². The molecule has 2 N–H and O–H groups in total. The third-order valence-corrected chi connectivity index (χ3v) is 7.77. The van der Waals surface area contributed by atoms with Gasteiger partial charge in [0.05, 0.1) is 4.90 Å². The van der Waals surface area contributed by atoms with Gasteiger partial charge in [-0.2, -0.15) is 4.31 Å².